The molecule has 1 saturated heterocycles. The smallest absolute Gasteiger partial charge is 0.394 e. The molecule has 0 aliphatic carbocycles. The molecule has 1 aliphatic heterocycles. The molecule has 9 heteroatoms. The fraction of sp³-hybridized carbons (Fsp3) is 0.643. The minimum absolute atomic E-state index is 0.0646. The van der Waals surface area contributed by atoms with E-state index in [0.29, 0.717) is 18.1 Å². The van der Waals surface area contributed by atoms with Crippen molar-refractivity contribution in [2.75, 3.05) is 18.1 Å². The molecule has 126 valence electrons. The molecule has 0 aromatic carbocycles. The number of aliphatic hydroxyl groups is 1. The molecule has 2 atom stereocenters. The number of aryl methyl sites for hydroxylation is 1. The largest absolute Gasteiger partial charge is 0.453 e. The summed E-state index contributed by atoms with van der Waals surface area (Å²) < 4.78 is 39.8. The van der Waals surface area contributed by atoms with Crippen LogP contribution in [0.2, 0.25) is 0 Å². The molecular formula is C14H18F3N5O. The number of aromatic nitrogens is 4. The topological polar surface area (TPSA) is 66.5 Å². The number of hydrogen-bond donors (Lipinski definition) is 1. The highest BCUT2D eigenvalue weighted by Crippen LogP contribution is 2.31. The number of aliphatic hydroxyl groups excluding tert-OH is 1. The molecule has 2 aromatic heterocycles. The lowest BCUT2D eigenvalue weighted by atomic mass is 9.91. The first-order valence-corrected chi connectivity index (χ1v) is 7.50. The molecule has 2 aromatic rings. The van der Waals surface area contributed by atoms with Crippen molar-refractivity contribution in [3.8, 4) is 0 Å². The van der Waals surface area contributed by atoms with Gasteiger partial charge in [0, 0.05) is 18.3 Å². The van der Waals surface area contributed by atoms with Gasteiger partial charge in [-0.1, -0.05) is 6.92 Å². The Morgan fingerprint density at radius 1 is 1.35 bits per heavy atom. The van der Waals surface area contributed by atoms with Crippen molar-refractivity contribution in [2.24, 2.45) is 5.92 Å². The molecule has 0 radical (unpaired) electrons. The summed E-state index contributed by atoms with van der Waals surface area (Å²) in [7, 11) is 0. The zero-order valence-electron chi connectivity index (χ0n) is 12.9. The van der Waals surface area contributed by atoms with Crippen molar-refractivity contribution in [3.63, 3.8) is 0 Å². The second-order valence-electron chi connectivity index (χ2n) is 5.96. The van der Waals surface area contributed by atoms with Gasteiger partial charge in [-0.25, -0.2) is 4.98 Å². The number of nitrogens with zero attached hydrogens (tertiary/aromatic N) is 5. The molecule has 23 heavy (non-hydrogen) atoms. The van der Waals surface area contributed by atoms with Gasteiger partial charge in [-0.3, -0.25) is 0 Å². The summed E-state index contributed by atoms with van der Waals surface area (Å²) in [6.07, 6.45) is -2.74. The summed E-state index contributed by atoms with van der Waals surface area (Å²) in [6.45, 7) is 4.31. The van der Waals surface area contributed by atoms with E-state index in [4.69, 9.17) is 0 Å². The van der Waals surface area contributed by atoms with Gasteiger partial charge >= 0.3 is 6.18 Å². The Balaban J connectivity index is 2.14. The first-order valence-electron chi connectivity index (χ1n) is 7.50. The Bertz CT molecular complexity index is 714. The van der Waals surface area contributed by atoms with Crippen molar-refractivity contribution in [2.45, 2.75) is 38.9 Å². The number of rotatable bonds is 2. The maximum absolute atomic E-state index is 12.9. The summed E-state index contributed by atoms with van der Waals surface area (Å²) in [6, 6.07) is 1.52. The van der Waals surface area contributed by atoms with Crippen LogP contribution in [0.25, 0.3) is 5.78 Å². The molecule has 1 aliphatic rings. The summed E-state index contributed by atoms with van der Waals surface area (Å²) in [5, 5.41) is 13.3. The maximum Gasteiger partial charge on any atom is 0.453 e. The Morgan fingerprint density at radius 3 is 2.74 bits per heavy atom. The monoisotopic (exact) mass is 329 g/mol. The average molecular weight is 329 g/mol. The van der Waals surface area contributed by atoms with E-state index < -0.39 is 12.0 Å². The Labute approximate surface area is 131 Å². The number of hydrogen-bond acceptors (Lipinski definition) is 5. The number of piperidine rings is 1. The van der Waals surface area contributed by atoms with Gasteiger partial charge in [0.2, 0.25) is 0 Å². The van der Waals surface area contributed by atoms with Crippen LogP contribution in [0.4, 0.5) is 19.0 Å². The fourth-order valence-electron chi connectivity index (χ4n) is 3.10. The fourth-order valence-corrected chi connectivity index (χ4v) is 3.10. The molecule has 0 spiro atoms. The van der Waals surface area contributed by atoms with Gasteiger partial charge in [0.25, 0.3) is 11.6 Å². The van der Waals surface area contributed by atoms with E-state index >= 15 is 0 Å². The second-order valence-corrected chi connectivity index (χ2v) is 5.96. The molecule has 1 fully saturated rings. The van der Waals surface area contributed by atoms with Gasteiger partial charge in [-0.15, -0.1) is 5.10 Å². The van der Waals surface area contributed by atoms with E-state index in [1.807, 2.05) is 11.8 Å². The molecule has 1 N–H and O–H groups in total. The standard InChI is InChI=1S/C14H18F3N5O/c1-8-4-3-5-21(10(8)7-23)11-6-9(2)18-13-19-12(14(15,16)17)20-22(11)13/h6,8,10,23H,3-5,7H2,1-2H3/t8-,10+/m0/s1. The number of halogens is 3. The van der Waals surface area contributed by atoms with Gasteiger partial charge in [0.1, 0.15) is 5.82 Å². The summed E-state index contributed by atoms with van der Waals surface area (Å²) in [5.41, 5.74) is 0.559. The van der Waals surface area contributed by atoms with E-state index in [1.54, 1.807) is 13.0 Å². The van der Waals surface area contributed by atoms with Gasteiger partial charge in [-0.2, -0.15) is 22.7 Å². The number of anilines is 1. The van der Waals surface area contributed by atoms with Gasteiger partial charge in [0.05, 0.1) is 12.6 Å². The molecule has 0 saturated carbocycles. The van der Waals surface area contributed by atoms with E-state index in [9.17, 15) is 18.3 Å². The highest BCUT2D eigenvalue weighted by atomic mass is 19.4. The van der Waals surface area contributed by atoms with Crippen LogP contribution in [0.3, 0.4) is 0 Å². The van der Waals surface area contributed by atoms with E-state index in [2.05, 4.69) is 15.1 Å². The van der Waals surface area contributed by atoms with Crippen LogP contribution < -0.4 is 4.90 Å². The Morgan fingerprint density at radius 2 is 2.09 bits per heavy atom. The second kappa shape index (κ2) is 5.63. The predicted octanol–water partition coefficient (Wildman–Crippen LogP) is 2.05. The number of fused-ring (bicyclic) bond motifs is 1. The first-order chi connectivity index (χ1) is 10.8. The third-order valence-electron chi connectivity index (χ3n) is 4.27. The van der Waals surface area contributed by atoms with Crippen molar-refractivity contribution in [3.05, 3.63) is 17.6 Å². The third kappa shape index (κ3) is 2.85. The van der Waals surface area contributed by atoms with E-state index in [0.717, 1.165) is 17.4 Å². The number of alkyl halides is 3. The van der Waals surface area contributed by atoms with Crippen LogP contribution in [0, 0.1) is 12.8 Å². The van der Waals surface area contributed by atoms with E-state index in [1.165, 1.54) is 0 Å². The maximum atomic E-state index is 12.9. The van der Waals surface area contributed by atoms with Crippen LogP contribution in [-0.2, 0) is 6.18 Å². The van der Waals surface area contributed by atoms with Crippen LogP contribution in [0.5, 0.6) is 0 Å². The van der Waals surface area contributed by atoms with Gasteiger partial charge in [0.15, 0.2) is 0 Å². The minimum Gasteiger partial charge on any atom is -0.394 e. The predicted molar refractivity (Wildman–Crippen MR) is 77.1 cm³/mol. The lowest BCUT2D eigenvalue weighted by Crippen LogP contribution is -2.47. The van der Waals surface area contributed by atoms with Crippen molar-refractivity contribution >= 4 is 11.6 Å². The van der Waals surface area contributed by atoms with Gasteiger partial charge < -0.3 is 10.0 Å². The summed E-state index contributed by atoms with van der Waals surface area (Å²) in [4.78, 5) is 9.44. The minimum atomic E-state index is -4.62. The lowest BCUT2D eigenvalue weighted by molar-refractivity contribution is -0.144. The first kappa shape index (κ1) is 16.0. The zero-order chi connectivity index (χ0) is 16.8. The van der Waals surface area contributed by atoms with Crippen molar-refractivity contribution in [1.82, 2.24) is 19.6 Å². The molecule has 0 unspecified atom stereocenters. The zero-order valence-corrected chi connectivity index (χ0v) is 12.9. The molecular weight excluding hydrogens is 311 g/mol. The van der Waals surface area contributed by atoms with Crippen LogP contribution in [-0.4, -0.2) is 43.9 Å². The van der Waals surface area contributed by atoms with Crippen LogP contribution in [0.1, 0.15) is 31.3 Å². The molecule has 3 rings (SSSR count). The third-order valence-corrected chi connectivity index (χ3v) is 4.27. The Kier molecular flexibility index (Phi) is 3.91. The highest BCUT2D eigenvalue weighted by molar-refractivity contribution is 5.49. The molecule has 3 heterocycles. The average Bonchev–Trinajstić information content (AvgIpc) is 2.90. The molecule has 6 nitrogen and oxygen atoms in total. The molecule has 0 amide bonds. The lowest BCUT2D eigenvalue weighted by Gasteiger charge is -2.40. The summed E-state index contributed by atoms with van der Waals surface area (Å²) >= 11 is 0. The highest BCUT2D eigenvalue weighted by Gasteiger charge is 2.37. The molecule has 0 bridgehead atoms. The summed E-state index contributed by atoms with van der Waals surface area (Å²) in [5.74, 6) is -0.561. The normalized spacial score (nSPS) is 22.8. The van der Waals surface area contributed by atoms with Crippen molar-refractivity contribution < 1.29 is 18.3 Å². The quantitative estimate of drug-likeness (QED) is 0.913. The van der Waals surface area contributed by atoms with E-state index in [-0.39, 0.29) is 24.3 Å². The Hall–Kier alpha value is -1.90. The van der Waals surface area contributed by atoms with Crippen LogP contribution in [0.15, 0.2) is 6.07 Å². The SMILES string of the molecule is Cc1cc(N2CCC[C@H](C)[C@H]2CO)n2nc(C(F)(F)F)nc2n1. The van der Waals surface area contributed by atoms with Gasteiger partial charge in [-0.05, 0) is 25.7 Å². The van der Waals surface area contributed by atoms with Crippen molar-refractivity contribution in [1.29, 1.82) is 0 Å². The van der Waals surface area contributed by atoms with Crippen LogP contribution >= 0.6 is 0 Å².